The Morgan fingerprint density at radius 2 is 1.95 bits per heavy atom. The van der Waals surface area contributed by atoms with Gasteiger partial charge in [0.2, 0.25) is 0 Å². The Bertz CT molecular complexity index is 727. The number of benzene rings is 1. The van der Waals surface area contributed by atoms with Crippen molar-refractivity contribution >= 4 is 21.5 Å². The number of anilines is 2. The first kappa shape index (κ1) is 15.3. The molecule has 5 nitrogen and oxygen atoms in total. The highest BCUT2D eigenvalue weighted by molar-refractivity contribution is 7.92. The fraction of sp³-hybridized carbons (Fsp3) is 0.267. The Balaban J connectivity index is 2.38. The molecular formula is C15H19N3O2S. The van der Waals surface area contributed by atoms with E-state index in [2.05, 4.69) is 9.71 Å². The van der Waals surface area contributed by atoms with Crippen LogP contribution in [0.3, 0.4) is 0 Å². The zero-order valence-corrected chi connectivity index (χ0v) is 13.2. The molecule has 0 aliphatic carbocycles. The van der Waals surface area contributed by atoms with Gasteiger partial charge in [0, 0.05) is 20.3 Å². The molecular weight excluding hydrogens is 286 g/mol. The lowest BCUT2D eigenvalue weighted by atomic mass is 10.2. The molecule has 2 aromatic rings. The molecule has 0 saturated carbocycles. The lowest BCUT2D eigenvalue weighted by Crippen LogP contribution is -2.18. The molecule has 2 rings (SSSR count). The maximum absolute atomic E-state index is 12.5. The number of nitrogens with one attached hydrogen (secondary N) is 1. The first-order valence-corrected chi connectivity index (χ1v) is 8.16. The molecule has 21 heavy (non-hydrogen) atoms. The molecule has 6 heteroatoms. The van der Waals surface area contributed by atoms with Gasteiger partial charge in [0.15, 0.2) is 5.82 Å². The van der Waals surface area contributed by atoms with Gasteiger partial charge >= 0.3 is 0 Å². The third-order valence-electron chi connectivity index (χ3n) is 3.12. The topological polar surface area (TPSA) is 62.3 Å². The lowest BCUT2D eigenvalue weighted by molar-refractivity contribution is 0.601. The predicted octanol–water partition coefficient (Wildman–Crippen LogP) is 2.51. The monoisotopic (exact) mass is 305 g/mol. The Labute approximate surface area is 125 Å². The van der Waals surface area contributed by atoms with E-state index in [-0.39, 0.29) is 4.90 Å². The van der Waals surface area contributed by atoms with Crippen molar-refractivity contribution in [3.63, 3.8) is 0 Å². The summed E-state index contributed by atoms with van der Waals surface area (Å²) in [5.41, 5.74) is 1.69. The van der Waals surface area contributed by atoms with Crippen LogP contribution in [0.2, 0.25) is 0 Å². The second kappa shape index (κ2) is 6.13. The van der Waals surface area contributed by atoms with E-state index in [1.165, 1.54) is 0 Å². The smallest absolute Gasteiger partial charge is 0.263 e. The second-order valence-corrected chi connectivity index (χ2v) is 6.55. The SMILES string of the molecule is CCc1cccc(S(=O)(=O)Nc2ncccc2N(C)C)c1. The largest absolute Gasteiger partial charge is 0.375 e. The Kier molecular flexibility index (Phi) is 4.47. The van der Waals surface area contributed by atoms with Gasteiger partial charge in [-0.25, -0.2) is 13.4 Å². The van der Waals surface area contributed by atoms with Crippen molar-refractivity contribution < 1.29 is 8.42 Å². The van der Waals surface area contributed by atoms with Crippen LogP contribution in [0.15, 0.2) is 47.5 Å². The number of hydrogen-bond donors (Lipinski definition) is 1. The summed E-state index contributed by atoms with van der Waals surface area (Å²) in [6, 6.07) is 10.5. The van der Waals surface area contributed by atoms with Gasteiger partial charge in [-0.3, -0.25) is 4.72 Å². The summed E-state index contributed by atoms with van der Waals surface area (Å²) in [4.78, 5) is 6.18. The average molecular weight is 305 g/mol. The van der Waals surface area contributed by atoms with E-state index in [1.807, 2.05) is 38.1 Å². The third kappa shape index (κ3) is 3.52. The van der Waals surface area contributed by atoms with Crippen LogP contribution in [-0.2, 0) is 16.4 Å². The first-order valence-electron chi connectivity index (χ1n) is 6.68. The van der Waals surface area contributed by atoms with Gasteiger partial charge in [-0.15, -0.1) is 0 Å². The van der Waals surface area contributed by atoms with Gasteiger partial charge in [0.25, 0.3) is 10.0 Å². The van der Waals surface area contributed by atoms with Crippen LogP contribution in [0, 0.1) is 0 Å². The molecule has 0 radical (unpaired) electrons. The Morgan fingerprint density at radius 3 is 2.62 bits per heavy atom. The number of aromatic nitrogens is 1. The van der Waals surface area contributed by atoms with E-state index >= 15 is 0 Å². The summed E-state index contributed by atoms with van der Waals surface area (Å²) in [5.74, 6) is 0.324. The van der Waals surface area contributed by atoms with Crippen molar-refractivity contribution in [2.75, 3.05) is 23.7 Å². The molecule has 1 N–H and O–H groups in total. The summed E-state index contributed by atoms with van der Waals surface area (Å²) in [7, 11) is 0.0385. The quantitative estimate of drug-likeness (QED) is 0.922. The summed E-state index contributed by atoms with van der Waals surface area (Å²) < 4.78 is 27.5. The fourth-order valence-electron chi connectivity index (χ4n) is 1.96. The zero-order valence-electron chi connectivity index (χ0n) is 12.4. The van der Waals surface area contributed by atoms with E-state index in [0.29, 0.717) is 11.5 Å². The van der Waals surface area contributed by atoms with Crippen LogP contribution in [0.25, 0.3) is 0 Å². The normalized spacial score (nSPS) is 11.2. The fourth-order valence-corrected chi connectivity index (χ4v) is 3.05. The Morgan fingerprint density at radius 1 is 1.19 bits per heavy atom. The summed E-state index contributed by atoms with van der Waals surface area (Å²) >= 11 is 0. The standard InChI is InChI=1S/C15H19N3O2S/c1-4-12-7-5-8-13(11-12)21(19,20)17-15-14(18(2)3)9-6-10-16-15/h5-11H,4H2,1-3H3,(H,16,17). The van der Waals surface area contributed by atoms with E-state index in [9.17, 15) is 8.42 Å². The minimum absolute atomic E-state index is 0.247. The van der Waals surface area contributed by atoms with E-state index in [0.717, 1.165) is 12.0 Å². The van der Waals surface area contributed by atoms with Crippen LogP contribution in [0.4, 0.5) is 11.5 Å². The summed E-state index contributed by atoms with van der Waals surface area (Å²) in [6.07, 6.45) is 2.35. The molecule has 0 aliphatic rings. The molecule has 0 spiro atoms. The van der Waals surface area contributed by atoms with Gasteiger partial charge in [0.05, 0.1) is 10.6 Å². The molecule has 1 aromatic heterocycles. The number of aryl methyl sites for hydroxylation is 1. The minimum atomic E-state index is -3.64. The first-order chi connectivity index (χ1) is 9.94. The predicted molar refractivity (Wildman–Crippen MR) is 85.2 cm³/mol. The molecule has 0 saturated heterocycles. The molecule has 0 bridgehead atoms. The van der Waals surface area contributed by atoms with Crippen molar-refractivity contribution in [2.24, 2.45) is 0 Å². The lowest BCUT2D eigenvalue weighted by Gasteiger charge is -2.17. The molecule has 1 heterocycles. The van der Waals surface area contributed by atoms with Crippen LogP contribution in [-0.4, -0.2) is 27.5 Å². The third-order valence-corrected chi connectivity index (χ3v) is 4.45. The van der Waals surface area contributed by atoms with Crippen LogP contribution >= 0.6 is 0 Å². The number of pyridine rings is 1. The molecule has 0 aliphatic heterocycles. The molecule has 1 aromatic carbocycles. The highest BCUT2D eigenvalue weighted by Crippen LogP contribution is 2.24. The van der Waals surface area contributed by atoms with Gasteiger partial charge in [-0.1, -0.05) is 19.1 Å². The molecule has 0 atom stereocenters. The summed E-state index contributed by atoms with van der Waals surface area (Å²) in [5, 5.41) is 0. The van der Waals surface area contributed by atoms with Crippen LogP contribution in [0.1, 0.15) is 12.5 Å². The van der Waals surface area contributed by atoms with Crippen molar-refractivity contribution in [1.82, 2.24) is 4.98 Å². The van der Waals surface area contributed by atoms with Crippen molar-refractivity contribution in [3.05, 3.63) is 48.2 Å². The Hall–Kier alpha value is -2.08. The molecule has 0 unspecified atom stereocenters. The highest BCUT2D eigenvalue weighted by Gasteiger charge is 2.17. The van der Waals surface area contributed by atoms with E-state index in [4.69, 9.17) is 0 Å². The van der Waals surface area contributed by atoms with Crippen LogP contribution in [0.5, 0.6) is 0 Å². The molecule has 0 fully saturated rings. The minimum Gasteiger partial charge on any atom is -0.375 e. The number of rotatable bonds is 5. The number of hydrogen-bond acceptors (Lipinski definition) is 4. The second-order valence-electron chi connectivity index (χ2n) is 4.87. The zero-order chi connectivity index (χ0) is 15.5. The number of nitrogens with zero attached hydrogens (tertiary/aromatic N) is 2. The van der Waals surface area contributed by atoms with E-state index in [1.54, 1.807) is 30.5 Å². The molecule has 0 amide bonds. The van der Waals surface area contributed by atoms with Gasteiger partial charge in [-0.2, -0.15) is 0 Å². The van der Waals surface area contributed by atoms with Gasteiger partial charge in [0.1, 0.15) is 0 Å². The van der Waals surface area contributed by atoms with Gasteiger partial charge < -0.3 is 4.90 Å². The van der Waals surface area contributed by atoms with Crippen molar-refractivity contribution in [1.29, 1.82) is 0 Å². The average Bonchev–Trinajstić information content (AvgIpc) is 2.47. The van der Waals surface area contributed by atoms with Crippen molar-refractivity contribution in [3.8, 4) is 0 Å². The molecule has 112 valence electrons. The summed E-state index contributed by atoms with van der Waals surface area (Å²) in [6.45, 7) is 1.99. The number of sulfonamides is 1. The van der Waals surface area contributed by atoms with Crippen LogP contribution < -0.4 is 9.62 Å². The highest BCUT2D eigenvalue weighted by atomic mass is 32.2. The van der Waals surface area contributed by atoms with E-state index < -0.39 is 10.0 Å². The van der Waals surface area contributed by atoms with Crippen molar-refractivity contribution in [2.45, 2.75) is 18.2 Å². The maximum Gasteiger partial charge on any atom is 0.263 e. The van der Waals surface area contributed by atoms with Gasteiger partial charge in [-0.05, 0) is 36.2 Å². The maximum atomic E-state index is 12.5.